The molecule has 0 aromatic heterocycles. The average Bonchev–Trinajstić information content (AvgIpc) is 3.05. The fourth-order valence-corrected chi connectivity index (χ4v) is 7.10. The molecule has 2 aliphatic carbocycles. The fraction of sp³-hybridized carbons (Fsp3) is 0.778. The molecule has 6 atom stereocenters. The molecule has 0 radical (unpaired) electrons. The topological polar surface area (TPSA) is 9.23 Å². The van der Waals surface area contributed by atoms with Crippen molar-refractivity contribution in [2.75, 3.05) is 7.11 Å². The summed E-state index contributed by atoms with van der Waals surface area (Å²) in [5.74, 6) is 4.76. The summed E-state index contributed by atoms with van der Waals surface area (Å²) in [6.45, 7) is 28.9. The van der Waals surface area contributed by atoms with E-state index in [-0.39, 0.29) is 5.60 Å². The van der Waals surface area contributed by atoms with E-state index in [0.717, 1.165) is 48.3 Å². The zero-order valence-corrected chi connectivity index (χ0v) is 33.4. The number of rotatable bonds is 16. The molecule has 0 heterocycles. The van der Waals surface area contributed by atoms with Gasteiger partial charge in [0.15, 0.2) is 0 Å². The van der Waals surface area contributed by atoms with Gasteiger partial charge in [0, 0.05) is 7.11 Å². The van der Waals surface area contributed by atoms with Gasteiger partial charge in [-0.05, 0) is 127 Å². The zero-order chi connectivity index (χ0) is 35.0. The van der Waals surface area contributed by atoms with Crippen molar-refractivity contribution < 1.29 is 4.74 Å². The van der Waals surface area contributed by atoms with Crippen LogP contribution in [-0.4, -0.2) is 12.7 Å². The molecule has 0 aliphatic heterocycles. The predicted octanol–water partition coefficient (Wildman–Crippen LogP) is 15.1. The van der Waals surface area contributed by atoms with Gasteiger partial charge >= 0.3 is 0 Å². The van der Waals surface area contributed by atoms with Gasteiger partial charge in [-0.2, -0.15) is 0 Å². The second kappa shape index (κ2) is 26.6. The quantitative estimate of drug-likeness (QED) is 0.121. The standard InChI is InChI=1S/C26H50O.C17H26.C2H6/c1-10-23(6)16-17-25(19-21(2)3)24(7)15-13-11-12-14-18-26(8,27-9)20-22(4)5;1-14-8-4-3-5-9-15(2)13-17-11-7-6-10-16(17)12-14;1-2/h17,21,23-24H,4,10-16,18-20H2,1-3,5-9H3;4,6,8-10,14,16-17H,3,5,7,11-13H2,1-2H3;1-2H3/b25-17-;8-4?,15-9+;. The lowest BCUT2D eigenvalue weighted by Gasteiger charge is -2.29. The second-order valence-corrected chi connectivity index (χ2v) is 15.7. The Hall–Kier alpha value is -1.34. The molecule has 0 fully saturated rings. The van der Waals surface area contributed by atoms with E-state index < -0.39 is 0 Å². The molecule has 1 nitrogen and oxygen atoms in total. The van der Waals surface area contributed by atoms with Gasteiger partial charge in [-0.15, -0.1) is 6.58 Å². The van der Waals surface area contributed by atoms with Gasteiger partial charge in [-0.3, -0.25) is 0 Å². The number of hydrogen-bond acceptors (Lipinski definition) is 1. The Morgan fingerprint density at radius 2 is 1.70 bits per heavy atom. The van der Waals surface area contributed by atoms with Crippen molar-refractivity contribution in [1.29, 1.82) is 0 Å². The minimum atomic E-state index is -0.0255. The summed E-state index contributed by atoms with van der Waals surface area (Å²) in [6.07, 6.45) is 35.0. The van der Waals surface area contributed by atoms with Crippen LogP contribution in [0.25, 0.3) is 0 Å². The molecule has 46 heavy (non-hydrogen) atoms. The van der Waals surface area contributed by atoms with Crippen LogP contribution in [0.1, 0.15) is 179 Å². The Labute approximate surface area is 290 Å². The van der Waals surface area contributed by atoms with Crippen molar-refractivity contribution >= 4 is 0 Å². The number of ether oxygens (including phenoxy) is 1. The molecular weight excluding hydrogens is 556 g/mol. The van der Waals surface area contributed by atoms with Crippen molar-refractivity contribution in [3.05, 3.63) is 59.8 Å². The van der Waals surface area contributed by atoms with Crippen molar-refractivity contribution in [3.8, 4) is 0 Å². The highest BCUT2D eigenvalue weighted by Gasteiger charge is 2.24. The van der Waals surface area contributed by atoms with E-state index in [9.17, 15) is 0 Å². The summed E-state index contributed by atoms with van der Waals surface area (Å²) >= 11 is 0. The normalized spacial score (nSPS) is 24.1. The average molecular weight is 639 g/mol. The monoisotopic (exact) mass is 639 g/mol. The first-order valence-electron chi connectivity index (χ1n) is 19.8. The number of hydrogen-bond donors (Lipinski definition) is 0. The largest absolute Gasteiger partial charge is 0.378 e. The summed E-state index contributed by atoms with van der Waals surface area (Å²) in [5.41, 5.74) is 4.51. The van der Waals surface area contributed by atoms with Gasteiger partial charge in [0.1, 0.15) is 0 Å². The second-order valence-electron chi connectivity index (χ2n) is 15.7. The third-order valence-electron chi connectivity index (χ3n) is 10.2. The maximum absolute atomic E-state index is 5.75. The lowest BCUT2D eigenvalue weighted by Crippen LogP contribution is -2.27. The van der Waals surface area contributed by atoms with Gasteiger partial charge in [-0.25, -0.2) is 0 Å². The fourth-order valence-electron chi connectivity index (χ4n) is 7.10. The molecular formula is C45H82O. The number of fused-ring (bicyclic) bond motifs is 1. The van der Waals surface area contributed by atoms with Gasteiger partial charge in [-0.1, -0.05) is 141 Å². The van der Waals surface area contributed by atoms with Crippen molar-refractivity contribution in [3.63, 3.8) is 0 Å². The van der Waals surface area contributed by atoms with Crippen LogP contribution in [-0.2, 0) is 4.74 Å². The highest BCUT2D eigenvalue weighted by Crippen LogP contribution is 2.35. The molecule has 6 unspecified atom stereocenters. The molecule has 0 aromatic rings. The Kier molecular flexibility index (Phi) is 25.8. The van der Waals surface area contributed by atoms with Crippen molar-refractivity contribution in [2.24, 2.45) is 35.5 Å². The van der Waals surface area contributed by atoms with E-state index in [1.807, 2.05) is 21.0 Å². The van der Waals surface area contributed by atoms with Crippen LogP contribution in [0.3, 0.4) is 0 Å². The zero-order valence-electron chi connectivity index (χ0n) is 33.4. The van der Waals surface area contributed by atoms with Crippen molar-refractivity contribution in [1.82, 2.24) is 0 Å². The lowest BCUT2D eigenvalue weighted by molar-refractivity contribution is -0.00261. The highest BCUT2D eigenvalue weighted by molar-refractivity contribution is 5.08. The Morgan fingerprint density at radius 1 is 1.02 bits per heavy atom. The summed E-state index contributed by atoms with van der Waals surface area (Å²) in [7, 11) is 1.84. The summed E-state index contributed by atoms with van der Waals surface area (Å²) in [4.78, 5) is 0. The van der Waals surface area contributed by atoms with Gasteiger partial charge in [0.05, 0.1) is 5.60 Å². The van der Waals surface area contributed by atoms with E-state index in [1.54, 1.807) is 11.1 Å². The van der Waals surface area contributed by atoms with Crippen LogP contribution in [0.4, 0.5) is 0 Å². The molecule has 0 aromatic carbocycles. The van der Waals surface area contributed by atoms with E-state index in [2.05, 4.69) is 105 Å². The maximum Gasteiger partial charge on any atom is 0.0687 e. The number of unbranched alkanes of at least 4 members (excludes halogenated alkanes) is 3. The molecule has 2 aliphatic rings. The van der Waals surface area contributed by atoms with Crippen LogP contribution >= 0.6 is 0 Å². The molecule has 0 N–H and O–H groups in total. The molecule has 268 valence electrons. The Morgan fingerprint density at radius 3 is 2.33 bits per heavy atom. The van der Waals surface area contributed by atoms with Gasteiger partial charge in [0.2, 0.25) is 0 Å². The van der Waals surface area contributed by atoms with E-state index in [1.165, 1.54) is 95.5 Å². The minimum absolute atomic E-state index is 0.0255. The summed E-state index contributed by atoms with van der Waals surface area (Å²) in [6, 6.07) is 0. The third kappa shape index (κ3) is 21.5. The summed E-state index contributed by atoms with van der Waals surface area (Å²) < 4.78 is 5.75. The first-order chi connectivity index (χ1) is 21.9. The predicted molar refractivity (Wildman–Crippen MR) is 211 cm³/mol. The van der Waals surface area contributed by atoms with Crippen LogP contribution < -0.4 is 0 Å². The van der Waals surface area contributed by atoms with Crippen molar-refractivity contribution in [2.45, 2.75) is 184 Å². The highest BCUT2D eigenvalue weighted by atomic mass is 16.5. The van der Waals surface area contributed by atoms with E-state index in [4.69, 9.17) is 4.74 Å². The van der Waals surface area contributed by atoms with Gasteiger partial charge in [0.25, 0.3) is 0 Å². The first-order valence-corrected chi connectivity index (χ1v) is 19.8. The van der Waals surface area contributed by atoms with Crippen LogP contribution in [0, 0.1) is 35.5 Å². The minimum Gasteiger partial charge on any atom is -0.378 e. The Bertz CT molecular complexity index is 885. The molecule has 0 amide bonds. The Balaban J connectivity index is 0.000000905. The molecule has 0 saturated carbocycles. The lowest BCUT2D eigenvalue weighted by atomic mass is 9.76. The van der Waals surface area contributed by atoms with E-state index >= 15 is 0 Å². The maximum atomic E-state index is 5.75. The van der Waals surface area contributed by atoms with Crippen LogP contribution in [0.5, 0.6) is 0 Å². The van der Waals surface area contributed by atoms with Crippen LogP contribution in [0.15, 0.2) is 59.8 Å². The molecule has 2 rings (SSSR count). The molecule has 0 spiro atoms. The van der Waals surface area contributed by atoms with Crippen LogP contribution in [0.2, 0.25) is 0 Å². The van der Waals surface area contributed by atoms with E-state index in [0.29, 0.717) is 0 Å². The smallest absolute Gasteiger partial charge is 0.0687 e. The third-order valence-corrected chi connectivity index (χ3v) is 10.2. The molecule has 0 bridgehead atoms. The number of methoxy groups -OCH3 is 1. The number of allylic oxidation sites excluding steroid dienone is 8. The van der Waals surface area contributed by atoms with Gasteiger partial charge < -0.3 is 4.74 Å². The first kappa shape index (κ1) is 44.7. The SMILES string of the molecule is C/C1=C\CCC=CC(C)CC2C=CCCC2C1.C=C(C)CC(C)(CCCCCCC(C)/C(=C\CC(C)CC)CC(C)C)OC.CC. The summed E-state index contributed by atoms with van der Waals surface area (Å²) in [5, 5.41) is 0. The molecule has 1 heteroatoms. The molecule has 0 saturated heterocycles.